The number of hydrogen-bond donors (Lipinski definition) is 2. The summed E-state index contributed by atoms with van der Waals surface area (Å²) in [5.41, 5.74) is 0. The van der Waals surface area contributed by atoms with Gasteiger partial charge in [0.2, 0.25) is 0 Å². The van der Waals surface area contributed by atoms with Crippen LogP contribution in [0.25, 0.3) is 0 Å². The highest BCUT2D eigenvalue weighted by atomic mass is 16.6. The first kappa shape index (κ1) is 22.5. The molecule has 0 aromatic heterocycles. The van der Waals surface area contributed by atoms with Crippen LogP contribution in [0.5, 0.6) is 0 Å². The van der Waals surface area contributed by atoms with Crippen LogP contribution in [0.15, 0.2) is 0 Å². The SMILES string of the molecule is CC(C)CC(NC(=O)[C@H](CC1CCCCC1)OC(=O)N1CCOCC1)C(=O)O. The van der Waals surface area contributed by atoms with Gasteiger partial charge in [-0.05, 0) is 24.7 Å². The fourth-order valence-corrected chi connectivity index (χ4v) is 3.83. The first-order valence-corrected chi connectivity index (χ1v) is 10.4. The normalized spacial score (nSPS) is 20.5. The summed E-state index contributed by atoms with van der Waals surface area (Å²) in [5, 5.41) is 12.0. The Morgan fingerprint density at radius 2 is 1.79 bits per heavy atom. The number of aliphatic carboxylic acids is 1. The average molecular weight is 399 g/mol. The first-order chi connectivity index (χ1) is 13.4. The Hall–Kier alpha value is -1.83. The monoisotopic (exact) mass is 398 g/mol. The van der Waals surface area contributed by atoms with Gasteiger partial charge >= 0.3 is 12.1 Å². The molecular formula is C20H34N2O6. The van der Waals surface area contributed by atoms with Gasteiger partial charge in [0.05, 0.1) is 13.2 Å². The minimum absolute atomic E-state index is 0.120. The van der Waals surface area contributed by atoms with E-state index in [0.29, 0.717) is 45.1 Å². The van der Waals surface area contributed by atoms with E-state index in [1.807, 2.05) is 13.8 Å². The van der Waals surface area contributed by atoms with E-state index in [2.05, 4.69) is 5.32 Å². The van der Waals surface area contributed by atoms with E-state index >= 15 is 0 Å². The number of carbonyl (C=O) groups excluding carboxylic acids is 2. The Balaban J connectivity index is 2.03. The molecule has 2 aliphatic rings. The molecule has 2 N–H and O–H groups in total. The topological polar surface area (TPSA) is 105 Å². The maximum absolute atomic E-state index is 12.8. The van der Waals surface area contributed by atoms with Crippen LogP contribution in [0.1, 0.15) is 58.8 Å². The average Bonchev–Trinajstić information content (AvgIpc) is 2.68. The maximum Gasteiger partial charge on any atom is 0.410 e. The Labute approximate surface area is 166 Å². The molecule has 0 aromatic carbocycles. The summed E-state index contributed by atoms with van der Waals surface area (Å²) in [7, 11) is 0. The van der Waals surface area contributed by atoms with Gasteiger partial charge in [-0.2, -0.15) is 0 Å². The lowest BCUT2D eigenvalue weighted by Gasteiger charge is -2.30. The molecule has 8 heteroatoms. The van der Waals surface area contributed by atoms with E-state index in [4.69, 9.17) is 9.47 Å². The van der Waals surface area contributed by atoms with Gasteiger partial charge in [-0.25, -0.2) is 9.59 Å². The fourth-order valence-electron chi connectivity index (χ4n) is 3.83. The van der Waals surface area contributed by atoms with Crippen LogP contribution >= 0.6 is 0 Å². The molecule has 2 fully saturated rings. The van der Waals surface area contributed by atoms with Gasteiger partial charge in [0.1, 0.15) is 6.04 Å². The van der Waals surface area contributed by atoms with E-state index in [9.17, 15) is 19.5 Å². The Bertz CT molecular complexity index is 527. The predicted molar refractivity (Wildman–Crippen MR) is 103 cm³/mol. The summed E-state index contributed by atoms with van der Waals surface area (Å²) in [6.07, 6.45) is 4.70. The van der Waals surface area contributed by atoms with Crippen LogP contribution in [0.3, 0.4) is 0 Å². The number of rotatable bonds is 8. The second-order valence-corrected chi connectivity index (χ2v) is 8.24. The van der Waals surface area contributed by atoms with Crippen molar-refractivity contribution in [3.05, 3.63) is 0 Å². The number of carboxylic acids is 1. The summed E-state index contributed by atoms with van der Waals surface area (Å²) in [5.74, 6) is -1.15. The summed E-state index contributed by atoms with van der Waals surface area (Å²) >= 11 is 0. The molecule has 0 spiro atoms. The van der Waals surface area contributed by atoms with Crippen molar-refractivity contribution in [1.29, 1.82) is 0 Å². The lowest BCUT2D eigenvalue weighted by molar-refractivity contribution is -0.144. The lowest BCUT2D eigenvalue weighted by Crippen LogP contribution is -2.50. The molecule has 1 aliphatic carbocycles. The number of ether oxygens (including phenoxy) is 2. The van der Waals surface area contributed by atoms with Gasteiger partial charge < -0.3 is 24.8 Å². The highest BCUT2D eigenvalue weighted by molar-refractivity contribution is 5.87. The predicted octanol–water partition coefficient (Wildman–Crippen LogP) is 2.41. The fraction of sp³-hybridized carbons (Fsp3) is 0.850. The van der Waals surface area contributed by atoms with Gasteiger partial charge in [0.15, 0.2) is 6.10 Å². The van der Waals surface area contributed by atoms with Crippen molar-refractivity contribution < 1.29 is 29.0 Å². The van der Waals surface area contributed by atoms with Crippen LogP contribution in [0.2, 0.25) is 0 Å². The van der Waals surface area contributed by atoms with Crippen LogP contribution in [-0.4, -0.2) is 66.4 Å². The van der Waals surface area contributed by atoms with Crippen LogP contribution < -0.4 is 5.32 Å². The molecule has 0 aromatic rings. The molecule has 1 saturated carbocycles. The van der Waals surface area contributed by atoms with Crippen molar-refractivity contribution in [2.45, 2.75) is 70.9 Å². The highest BCUT2D eigenvalue weighted by Crippen LogP contribution is 2.28. The van der Waals surface area contributed by atoms with Crippen LogP contribution in [-0.2, 0) is 19.1 Å². The molecule has 8 nitrogen and oxygen atoms in total. The molecule has 1 aliphatic heterocycles. The number of carbonyl (C=O) groups is 3. The summed E-state index contributed by atoms with van der Waals surface area (Å²) in [6.45, 7) is 5.57. The molecule has 1 heterocycles. The zero-order valence-electron chi connectivity index (χ0n) is 17.0. The second kappa shape index (κ2) is 11.2. The third-order valence-corrected chi connectivity index (χ3v) is 5.40. The number of amides is 2. The van der Waals surface area contributed by atoms with Crippen molar-refractivity contribution in [3.63, 3.8) is 0 Å². The quantitative estimate of drug-likeness (QED) is 0.650. The summed E-state index contributed by atoms with van der Waals surface area (Å²) < 4.78 is 10.8. The molecular weight excluding hydrogens is 364 g/mol. The molecule has 2 amide bonds. The van der Waals surface area contributed by atoms with E-state index in [-0.39, 0.29) is 5.92 Å². The van der Waals surface area contributed by atoms with E-state index in [1.54, 1.807) is 0 Å². The van der Waals surface area contributed by atoms with Crippen molar-refractivity contribution in [2.24, 2.45) is 11.8 Å². The Morgan fingerprint density at radius 3 is 2.36 bits per heavy atom. The molecule has 160 valence electrons. The summed E-state index contributed by atoms with van der Waals surface area (Å²) in [6, 6.07) is -0.983. The smallest absolute Gasteiger partial charge is 0.410 e. The molecule has 1 unspecified atom stereocenters. The van der Waals surface area contributed by atoms with E-state index in [0.717, 1.165) is 25.7 Å². The molecule has 2 rings (SSSR count). The summed E-state index contributed by atoms with van der Waals surface area (Å²) in [4.78, 5) is 38.4. The van der Waals surface area contributed by atoms with Crippen molar-refractivity contribution in [3.8, 4) is 0 Å². The van der Waals surface area contributed by atoms with Gasteiger partial charge in [0, 0.05) is 13.1 Å². The zero-order chi connectivity index (χ0) is 20.5. The van der Waals surface area contributed by atoms with Crippen molar-refractivity contribution in [1.82, 2.24) is 10.2 Å². The lowest BCUT2D eigenvalue weighted by atomic mass is 9.85. The second-order valence-electron chi connectivity index (χ2n) is 8.24. The largest absolute Gasteiger partial charge is 0.480 e. The highest BCUT2D eigenvalue weighted by Gasteiger charge is 2.32. The minimum atomic E-state index is -1.07. The molecule has 28 heavy (non-hydrogen) atoms. The van der Waals surface area contributed by atoms with Crippen molar-refractivity contribution in [2.75, 3.05) is 26.3 Å². The Kier molecular flexibility index (Phi) is 9.02. The molecule has 1 saturated heterocycles. The third-order valence-electron chi connectivity index (χ3n) is 5.40. The number of hydrogen-bond acceptors (Lipinski definition) is 5. The molecule has 0 radical (unpaired) electrons. The van der Waals surface area contributed by atoms with Crippen LogP contribution in [0, 0.1) is 11.8 Å². The minimum Gasteiger partial charge on any atom is -0.480 e. The van der Waals surface area contributed by atoms with E-state index < -0.39 is 30.1 Å². The number of nitrogens with zero attached hydrogens (tertiary/aromatic N) is 1. The third kappa shape index (κ3) is 7.30. The number of carboxylic acid groups (broad SMARTS) is 1. The van der Waals surface area contributed by atoms with Crippen LogP contribution in [0.4, 0.5) is 4.79 Å². The number of nitrogens with one attached hydrogen (secondary N) is 1. The standard InChI is InChI=1S/C20H34N2O6/c1-14(2)12-16(19(24)25)21-18(23)17(13-15-6-4-3-5-7-15)28-20(26)22-8-10-27-11-9-22/h14-17H,3-13H2,1-2H3,(H,21,23)(H,24,25)/t16?,17-/m0/s1. The maximum atomic E-state index is 12.8. The molecule has 0 bridgehead atoms. The number of morpholine rings is 1. The molecule has 2 atom stereocenters. The van der Waals surface area contributed by atoms with Gasteiger partial charge in [-0.15, -0.1) is 0 Å². The van der Waals surface area contributed by atoms with Gasteiger partial charge in [-0.1, -0.05) is 46.0 Å². The van der Waals surface area contributed by atoms with Crippen molar-refractivity contribution >= 4 is 18.0 Å². The Morgan fingerprint density at radius 1 is 1.14 bits per heavy atom. The zero-order valence-corrected chi connectivity index (χ0v) is 17.0. The van der Waals surface area contributed by atoms with E-state index in [1.165, 1.54) is 11.3 Å². The first-order valence-electron chi connectivity index (χ1n) is 10.4. The van der Waals surface area contributed by atoms with Gasteiger partial charge in [0.25, 0.3) is 5.91 Å². The van der Waals surface area contributed by atoms with Gasteiger partial charge in [-0.3, -0.25) is 4.79 Å².